The maximum Gasteiger partial charge on any atom is 0.272 e. The van der Waals surface area contributed by atoms with Gasteiger partial charge < -0.3 is 9.72 Å². The number of amides is 1. The number of halogens is 2. The number of nitrogens with zero attached hydrogens (tertiary/aromatic N) is 2. The molecule has 0 aliphatic carbocycles. The second-order valence-corrected chi connectivity index (χ2v) is 3.96. The van der Waals surface area contributed by atoms with Gasteiger partial charge in [0.2, 0.25) is 11.8 Å². The SMILES string of the molecule is Cc1cnc(NC(=O)c2ccc(OCC(F)F)nc2)[nH]1. The van der Waals surface area contributed by atoms with Gasteiger partial charge in [-0.3, -0.25) is 10.1 Å². The van der Waals surface area contributed by atoms with Gasteiger partial charge in [-0.1, -0.05) is 0 Å². The Morgan fingerprint density at radius 2 is 2.20 bits per heavy atom. The lowest BCUT2D eigenvalue weighted by molar-refractivity contribution is 0.0795. The number of nitrogens with one attached hydrogen (secondary N) is 2. The summed E-state index contributed by atoms with van der Waals surface area (Å²) in [5, 5.41) is 2.54. The smallest absolute Gasteiger partial charge is 0.272 e. The van der Waals surface area contributed by atoms with Crippen molar-refractivity contribution in [2.24, 2.45) is 0 Å². The molecule has 2 aromatic heterocycles. The second-order valence-electron chi connectivity index (χ2n) is 3.96. The molecule has 106 valence electrons. The molecule has 8 heteroatoms. The molecule has 0 aliphatic heterocycles. The Morgan fingerprint density at radius 3 is 2.75 bits per heavy atom. The zero-order valence-corrected chi connectivity index (χ0v) is 10.6. The van der Waals surface area contributed by atoms with Gasteiger partial charge in [-0.2, -0.15) is 0 Å². The summed E-state index contributed by atoms with van der Waals surface area (Å²) in [6.07, 6.45) is 0.253. The number of pyridine rings is 1. The lowest BCUT2D eigenvalue weighted by atomic mass is 10.3. The van der Waals surface area contributed by atoms with Crippen LogP contribution < -0.4 is 10.1 Å². The van der Waals surface area contributed by atoms with Crippen molar-refractivity contribution in [3.05, 3.63) is 35.8 Å². The molecule has 0 saturated carbocycles. The van der Waals surface area contributed by atoms with E-state index in [-0.39, 0.29) is 11.4 Å². The molecule has 2 heterocycles. The van der Waals surface area contributed by atoms with Gasteiger partial charge in [0.05, 0.1) is 5.56 Å². The molecule has 20 heavy (non-hydrogen) atoms. The summed E-state index contributed by atoms with van der Waals surface area (Å²) >= 11 is 0. The third kappa shape index (κ3) is 3.74. The number of ether oxygens (including phenoxy) is 1. The molecule has 2 N–H and O–H groups in total. The fourth-order valence-corrected chi connectivity index (χ4v) is 1.40. The van der Waals surface area contributed by atoms with Gasteiger partial charge in [0.15, 0.2) is 6.61 Å². The van der Waals surface area contributed by atoms with Gasteiger partial charge in [0.25, 0.3) is 12.3 Å². The minimum atomic E-state index is -2.57. The van der Waals surface area contributed by atoms with Crippen LogP contribution in [0.1, 0.15) is 16.1 Å². The van der Waals surface area contributed by atoms with Crippen LogP contribution in [-0.2, 0) is 0 Å². The Labute approximate surface area is 113 Å². The third-order valence-electron chi connectivity index (χ3n) is 2.29. The second kappa shape index (κ2) is 6.09. The van der Waals surface area contributed by atoms with Crippen molar-refractivity contribution in [1.82, 2.24) is 15.0 Å². The molecule has 0 atom stereocenters. The number of aromatic nitrogens is 3. The molecule has 0 radical (unpaired) electrons. The lowest BCUT2D eigenvalue weighted by Crippen LogP contribution is -2.13. The summed E-state index contributed by atoms with van der Waals surface area (Å²) in [6.45, 7) is 1.07. The first-order valence-corrected chi connectivity index (χ1v) is 5.74. The van der Waals surface area contributed by atoms with E-state index < -0.39 is 18.9 Å². The van der Waals surface area contributed by atoms with Crippen molar-refractivity contribution in [2.45, 2.75) is 13.3 Å². The van der Waals surface area contributed by atoms with Gasteiger partial charge in [-0.05, 0) is 13.0 Å². The van der Waals surface area contributed by atoms with Crippen molar-refractivity contribution in [3.8, 4) is 5.88 Å². The Balaban J connectivity index is 1.96. The number of aryl methyl sites for hydroxylation is 1. The van der Waals surface area contributed by atoms with Gasteiger partial charge in [0.1, 0.15) is 0 Å². The molecule has 1 amide bonds. The van der Waals surface area contributed by atoms with E-state index in [0.29, 0.717) is 5.95 Å². The topological polar surface area (TPSA) is 79.9 Å². The quantitative estimate of drug-likeness (QED) is 0.879. The molecule has 0 bridgehead atoms. The van der Waals surface area contributed by atoms with Crippen LogP contribution in [0.2, 0.25) is 0 Å². The number of H-pyrrole nitrogens is 1. The van der Waals surface area contributed by atoms with Crippen LogP contribution in [-0.4, -0.2) is 33.9 Å². The largest absolute Gasteiger partial charge is 0.472 e. The fraction of sp³-hybridized carbons (Fsp3) is 0.250. The van der Waals surface area contributed by atoms with Crippen LogP contribution in [0.25, 0.3) is 0 Å². The first-order valence-electron chi connectivity index (χ1n) is 5.74. The highest BCUT2D eigenvalue weighted by Gasteiger charge is 2.09. The zero-order chi connectivity index (χ0) is 14.5. The van der Waals surface area contributed by atoms with Crippen molar-refractivity contribution in [2.75, 3.05) is 11.9 Å². The molecular formula is C12H12F2N4O2. The first kappa shape index (κ1) is 13.9. The lowest BCUT2D eigenvalue weighted by Gasteiger charge is -2.05. The molecule has 2 aromatic rings. The highest BCUT2D eigenvalue weighted by Crippen LogP contribution is 2.10. The summed E-state index contributed by atoms with van der Waals surface area (Å²) in [5.41, 5.74) is 1.08. The van der Waals surface area contributed by atoms with Gasteiger partial charge in [-0.25, -0.2) is 18.7 Å². The van der Waals surface area contributed by atoms with E-state index >= 15 is 0 Å². The van der Waals surface area contributed by atoms with Crippen LogP contribution in [0.5, 0.6) is 5.88 Å². The highest BCUT2D eigenvalue weighted by atomic mass is 19.3. The Morgan fingerprint density at radius 1 is 1.40 bits per heavy atom. The number of rotatable bonds is 5. The van der Waals surface area contributed by atoms with E-state index in [1.165, 1.54) is 18.3 Å². The standard InChI is InChI=1S/C12H12F2N4O2/c1-7-4-16-12(17-7)18-11(19)8-2-3-10(15-5-8)20-6-9(13)14/h2-5,9H,6H2,1H3,(H2,16,17,18,19). The van der Waals surface area contributed by atoms with Gasteiger partial charge >= 0.3 is 0 Å². The molecule has 0 unspecified atom stereocenters. The van der Waals surface area contributed by atoms with Gasteiger partial charge in [0, 0.05) is 24.2 Å². The Hall–Kier alpha value is -2.51. The summed E-state index contributed by atoms with van der Waals surface area (Å²) in [5.74, 6) is -0.0477. The first-order chi connectivity index (χ1) is 9.54. The summed E-state index contributed by atoms with van der Waals surface area (Å²) in [6, 6.07) is 2.78. The van der Waals surface area contributed by atoms with Crippen molar-refractivity contribution in [3.63, 3.8) is 0 Å². The number of aromatic amines is 1. The molecule has 0 aliphatic rings. The fourth-order valence-electron chi connectivity index (χ4n) is 1.40. The minimum Gasteiger partial charge on any atom is -0.472 e. The molecule has 0 fully saturated rings. The normalized spacial score (nSPS) is 10.6. The molecule has 0 aromatic carbocycles. The van der Waals surface area contributed by atoms with Crippen molar-refractivity contribution >= 4 is 11.9 Å². The number of anilines is 1. The maximum atomic E-state index is 11.9. The van der Waals surface area contributed by atoms with Crippen LogP contribution in [0.3, 0.4) is 0 Å². The van der Waals surface area contributed by atoms with Gasteiger partial charge in [-0.15, -0.1) is 0 Å². The molecule has 2 rings (SSSR count). The Bertz CT molecular complexity index is 583. The average molecular weight is 282 g/mol. The average Bonchev–Trinajstić information content (AvgIpc) is 2.82. The number of hydrogen-bond donors (Lipinski definition) is 2. The monoisotopic (exact) mass is 282 g/mol. The number of carbonyl (C=O) groups is 1. The predicted molar refractivity (Wildman–Crippen MR) is 67.0 cm³/mol. The van der Waals surface area contributed by atoms with E-state index in [0.717, 1.165) is 5.69 Å². The summed E-state index contributed by atoms with van der Waals surface area (Å²) < 4.78 is 28.6. The number of imidazole rings is 1. The van der Waals surface area contributed by atoms with E-state index in [1.54, 1.807) is 13.1 Å². The third-order valence-corrected chi connectivity index (χ3v) is 2.29. The van der Waals surface area contributed by atoms with Crippen molar-refractivity contribution in [1.29, 1.82) is 0 Å². The number of hydrogen-bond acceptors (Lipinski definition) is 4. The van der Waals surface area contributed by atoms with Crippen LogP contribution >= 0.6 is 0 Å². The maximum absolute atomic E-state index is 11.9. The molecular weight excluding hydrogens is 270 g/mol. The molecule has 6 nitrogen and oxygen atoms in total. The van der Waals surface area contributed by atoms with Crippen LogP contribution in [0.4, 0.5) is 14.7 Å². The number of alkyl halides is 2. The molecule has 0 saturated heterocycles. The highest BCUT2D eigenvalue weighted by molar-refractivity contribution is 6.03. The molecule has 0 spiro atoms. The van der Waals surface area contributed by atoms with E-state index in [4.69, 9.17) is 4.74 Å². The van der Waals surface area contributed by atoms with E-state index in [9.17, 15) is 13.6 Å². The summed E-state index contributed by atoms with van der Waals surface area (Å²) in [7, 11) is 0. The van der Waals surface area contributed by atoms with Crippen LogP contribution in [0.15, 0.2) is 24.5 Å². The van der Waals surface area contributed by atoms with Crippen molar-refractivity contribution < 1.29 is 18.3 Å². The summed E-state index contributed by atoms with van der Waals surface area (Å²) in [4.78, 5) is 22.4. The zero-order valence-electron chi connectivity index (χ0n) is 10.6. The predicted octanol–water partition coefficient (Wildman–Crippen LogP) is 2.01. The van der Waals surface area contributed by atoms with Crippen LogP contribution in [0, 0.1) is 6.92 Å². The van der Waals surface area contributed by atoms with E-state index in [2.05, 4.69) is 20.3 Å². The minimum absolute atomic E-state index is 0.0377. The van der Waals surface area contributed by atoms with E-state index in [1.807, 2.05) is 0 Å². The Kier molecular flexibility index (Phi) is 4.24. The number of carbonyl (C=O) groups excluding carboxylic acids is 1.